The van der Waals surface area contributed by atoms with Crippen LogP contribution >= 0.6 is 0 Å². The van der Waals surface area contributed by atoms with Gasteiger partial charge in [-0.15, -0.1) is 0 Å². The van der Waals surface area contributed by atoms with E-state index in [1.165, 1.54) is 24.0 Å². The van der Waals surface area contributed by atoms with E-state index in [0.29, 0.717) is 11.5 Å². The number of carbonyl (C=O) groups is 1. The fraction of sp³-hybridized carbons (Fsp3) is 0.167. The summed E-state index contributed by atoms with van der Waals surface area (Å²) in [4.78, 5) is 12.4. The van der Waals surface area contributed by atoms with E-state index in [4.69, 9.17) is 9.15 Å². The van der Waals surface area contributed by atoms with Crippen molar-refractivity contribution in [2.75, 3.05) is 5.32 Å². The molecule has 2 aromatic carbocycles. The zero-order valence-corrected chi connectivity index (χ0v) is 17.9. The summed E-state index contributed by atoms with van der Waals surface area (Å²) in [5.41, 5.74) is 0.700. The van der Waals surface area contributed by atoms with Crippen molar-refractivity contribution in [2.24, 2.45) is 0 Å². The number of hydrogen-bond acceptors (Lipinski definition) is 4. The first-order valence-corrected chi connectivity index (χ1v) is 10.3. The fourth-order valence-corrected chi connectivity index (χ4v) is 3.17. The van der Waals surface area contributed by atoms with E-state index in [0.717, 1.165) is 11.1 Å². The van der Waals surface area contributed by atoms with Crippen LogP contribution in [0.25, 0.3) is 0 Å². The van der Waals surface area contributed by atoms with Crippen LogP contribution in [0.5, 0.6) is 5.75 Å². The summed E-state index contributed by atoms with van der Waals surface area (Å²) < 4.78 is 66.4. The molecule has 0 radical (unpaired) electrons. The molecule has 1 amide bonds. The number of amides is 1. The number of nitrogens with zero attached hydrogens (tertiary/aromatic N) is 2. The third-order valence-corrected chi connectivity index (χ3v) is 5.02. The molecule has 0 unspecified atom stereocenters. The van der Waals surface area contributed by atoms with Gasteiger partial charge in [-0.2, -0.15) is 5.10 Å². The standard InChI is InChI=1S/C24H19F4N3O3/c1-2-14-3-5-16(6-4-14)33-13-17-7-8-21(34-17)24(32)30-15-10-29-31(11-15)12-18-19(25)9-20(26)23(28)22(18)27/h3-11H,2,12-13H2,1H3,(H,30,32). The summed E-state index contributed by atoms with van der Waals surface area (Å²) in [7, 11) is 0. The molecule has 0 fully saturated rings. The van der Waals surface area contributed by atoms with Crippen LogP contribution in [0.2, 0.25) is 0 Å². The highest BCUT2D eigenvalue weighted by atomic mass is 19.2. The van der Waals surface area contributed by atoms with Crippen LogP contribution in [0.3, 0.4) is 0 Å². The Morgan fingerprint density at radius 2 is 1.82 bits per heavy atom. The summed E-state index contributed by atoms with van der Waals surface area (Å²) in [5.74, 6) is -5.73. The average Bonchev–Trinajstić information content (AvgIpc) is 3.49. The lowest BCUT2D eigenvalue weighted by molar-refractivity contribution is 0.0992. The summed E-state index contributed by atoms with van der Waals surface area (Å²) in [6.45, 7) is 1.68. The second kappa shape index (κ2) is 9.82. The lowest BCUT2D eigenvalue weighted by Crippen LogP contribution is -2.11. The zero-order chi connectivity index (χ0) is 24.2. The normalized spacial score (nSPS) is 11.0. The van der Waals surface area contributed by atoms with E-state index >= 15 is 0 Å². The molecule has 0 aliphatic heterocycles. The monoisotopic (exact) mass is 473 g/mol. The molecule has 0 spiro atoms. The molecular formula is C24H19F4N3O3. The van der Waals surface area contributed by atoms with E-state index in [1.807, 2.05) is 24.3 Å². The van der Waals surface area contributed by atoms with Gasteiger partial charge < -0.3 is 14.5 Å². The Morgan fingerprint density at radius 3 is 2.56 bits per heavy atom. The van der Waals surface area contributed by atoms with Crippen molar-refractivity contribution in [3.8, 4) is 5.75 Å². The van der Waals surface area contributed by atoms with Crippen LogP contribution < -0.4 is 10.1 Å². The van der Waals surface area contributed by atoms with Crippen LogP contribution in [0.1, 0.15) is 34.4 Å². The number of hydrogen-bond donors (Lipinski definition) is 1. The molecule has 6 nitrogen and oxygen atoms in total. The lowest BCUT2D eigenvalue weighted by Gasteiger charge is -2.07. The van der Waals surface area contributed by atoms with Crippen molar-refractivity contribution < 1.29 is 31.5 Å². The molecule has 176 valence electrons. The molecule has 10 heteroatoms. The van der Waals surface area contributed by atoms with Gasteiger partial charge in [-0.1, -0.05) is 19.1 Å². The molecule has 1 N–H and O–H groups in total. The molecular weight excluding hydrogens is 454 g/mol. The Balaban J connectivity index is 1.36. The van der Waals surface area contributed by atoms with Crippen LogP contribution in [0.15, 0.2) is 59.3 Å². The minimum Gasteiger partial charge on any atom is -0.486 e. The lowest BCUT2D eigenvalue weighted by atomic mass is 10.2. The molecule has 2 heterocycles. The van der Waals surface area contributed by atoms with Crippen molar-refractivity contribution in [1.29, 1.82) is 0 Å². The highest BCUT2D eigenvalue weighted by molar-refractivity contribution is 6.02. The topological polar surface area (TPSA) is 69.3 Å². The third kappa shape index (κ3) is 5.11. The molecule has 34 heavy (non-hydrogen) atoms. The largest absolute Gasteiger partial charge is 0.486 e. The van der Waals surface area contributed by atoms with Gasteiger partial charge in [0.05, 0.1) is 18.4 Å². The smallest absolute Gasteiger partial charge is 0.291 e. The second-order valence-corrected chi connectivity index (χ2v) is 7.38. The molecule has 4 rings (SSSR count). The van der Waals surface area contributed by atoms with E-state index < -0.39 is 41.3 Å². The maximum absolute atomic E-state index is 13.9. The number of aryl methyl sites for hydroxylation is 1. The fourth-order valence-electron chi connectivity index (χ4n) is 3.17. The Labute approximate surface area is 191 Å². The van der Waals surface area contributed by atoms with Gasteiger partial charge in [0.2, 0.25) is 0 Å². The Bertz CT molecular complexity index is 1320. The summed E-state index contributed by atoms with van der Waals surface area (Å²) in [6.07, 6.45) is 3.44. The molecule has 0 aliphatic rings. The second-order valence-electron chi connectivity index (χ2n) is 7.38. The third-order valence-electron chi connectivity index (χ3n) is 5.02. The molecule has 0 saturated heterocycles. The average molecular weight is 473 g/mol. The predicted octanol–water partition coefficient (Wildman–Crippen LogP) is 5.47. The van der Waals surface area contributed by atoms with Crippen LogP contribution in [-0.4, -0.2) is 15.7 Å². The van der Waals surface area contributed by atoms with E-state index in [1.54, 1.807) is 6.07 Å². The van der Waals surface area contributed by atoms with Gasteiger partial charge in [-0.25, -0.2) is 17.6 Å². The van der Waals surface area contributed by atoms with E-state index in [9.17, 15) is 22.4 Å². The van der Waals surface area contributed by atoms with Gasteiger partial charge in [0.1, 0.15) is 23.9 Å². The molecule has 0 aliphatic carbocycles. The van der Waals surface area contributed by atoms with Gasteiger partial charge in [-0.3, -0.25) is 9.48 Å². The minimum atomic E-state index is -1.77. The molecule has 2 aromatic heterocycles. The number of ether oxygens (including phenoxy) is 1. The Kier molecular flexibility index (Phi) is 6.67. The quantitative estimate of drug-likeness (QED) is 0.209. The van der Waals surface area contributed by atoms with Gasteiger partial charge in [-0.05, 0) is 36.2 Å². The first-order chi connectivity index (χ1) is 16.3. The number of carbonyl (C=O) groups excluding carboxylic acids is 1. The van der Waals surface area contributed by atoms with Gasteiger partial charge in [0.25, 0.3) is 5.91 Å². The summed E-state index contributed by atoms with van der Waals surface area (Å²) in [6, 6.07) is 11.0. The minimum absolute atomic E-state index is 0.0189. The number of aromatic nitrogens is 2. The first kappa shape index (κ1) is 23.1. The molecule has 0 atom stereocenters. The first-order valence-electron chi connectivity index (χ1n) is 10.3. The van der Waals surface area contributed by atoms with Crippen molar-refractivity contribution in [2.45, 2.75) is 26.5 Å². The van der Waals surface area contributed by atoms with Crippen molar-refractivity contribution in [1.82, 2.24) is 9.78 Å². The summed E-state index contributed by atoms with van der Waals surface area (Å²) in [5, 5.41) is 6.41. The number of anilines is 1. The number of rotatable bonds is 8. The van der Waals surface area contributed by atoms with Crippen molar-refractivity contribution in [3.05, 3.63) is 101 Å². The number of halogens is 4. The van der Waals surface area contributed by atoms with Crippen LogP contribution in [0.4, 0.5) is 23.2 Å². The van der Waals surface area contributed by atoms with Crippen molar-refractivity contribution >= 4 is 11.6 Å². The molecule has 0 saturated carbocycles. The van der Waals surface area contributed by atoms with E-state index in [2.05, 4.69) is 17.3 Å². The van der Waals surface area contributed by atoms with Gasteiger partial charge in [0, 0.05) is 17.8 Å². The Hall–Kier alpha value is -4.08. The van der Waals surface area contributed by atoms with Crippen LogP contribution in [-0.2, 0) is 19.6 Å². The van der Waals surface area contributed by atoms with Crippen molar-refractivity contribution in [3.63, 3.8) is 0 Å². The zero-order valence-electron chi connectivity index (χ0n) is 17.9. The number of nitrogens with one attached hydrogen (secondary N) is 1. The molecule has 0 bridgehead atoms. The van der Waals surface area contributed by atoms with Gasteiger partial charge in [0.15, 0.2) is 23.2 Å². The van der Waals surface area contributed by atoms with Crippen LogP contribution in [0, 0.1) is 23.3 Å². The highest BCUT2D eigenvalue weighted by Gasteiger charge is 2.20. The maximum atomic E-state index is 13.9. The highest BCUT2D eigenvalue weighted by Crippen LogP contribution is 2.21. The van der Waals surface area contributed by atoms with Gasteiger partial charge >= 0.3 is 0 Å². The maximum Gasteiger partial charge on any atom is 0.291 e. The SMILES string of the molecule is CCc1ccc(OCc2ccc(C(=O)Nc3cnn(Cc4c(F)cc(F)c(F)c4F)c3)o2)cc1. The Morgan fingerprint density at radius 1 is 1.06 bits per heavy atom. The number of benzene rings is 2. The summed E-state index contributed by atoms with van der Waals surface area (Å²) >= 11 is 0. The molecule has 4 aromatic rings. The number of furan rings is 1. The predicted molar refractivity (Wildman–Crippen MR) is 114 cm³/mol. The van der Waals surface area contributed by atoms with E-state index in [-0.39, 0.29) is 24.1 Å².